The molecule has 3 aliphatic rings. The summed E-state index contributed by atoms with van der Waals surface area (Å²) in [6.45, 7) is 2.25. The normalized spacial score (nSPS) is 22.3. The Hall–Kier alpha value is -2.83. The van der Waals surface area contributed by atoms with Crippen LogP contribution in [0.1, 0.15) is 41.6 Å². The van der Waals surface area contributed by atoms with Gasteiger partial charge in [-0.1, -0.05) is 12.1 Å². The van der Waals surface area contributed by atoms with Crippen molar-refractivity contribution >= 4 is 18.2 Å². The number of hydrogen-bond acceptors (Lipinski definition) is 4. The summed E-state index contributed by atoms with van der Waals surface area (Å²) in [4.78, 5) is 39.1. The quantitative estimate of drug-likeness (QED) is 0.752. The van der Waals surface area contributed by atoms with Crippen LogP contribution in [0.5, 0.6) is 0 Å². The lowest BCUT2D eigenvalue weighted by atomic mass is 9.84. The molecule has 0 saturated carbocycles. The zero-order chi connectivity index (χ0) is 19.5. The van der Waals surface area contributed by atoms with Gasteiger partial charge < -0.3 is 9.80 Å². The fourth-order valence-electron chi connectivity index (χ4n) is 4.22. The van der Waals surface area contributed by atoms with E-state index in [0.29, 0.717) is 38.2 Å². The molecule has 0 radical (unpaired) electrons. The molecule has 4 rings (SSSR count). The lowest BCUT2D eigenvalue weighted by molar-refractivity contribution is -0.119. The molecule has 1 unspecified atom stereocenters. The van der Waals surface area contributed by atoms with Crippen molar-refractivity contribution in [1.29, 1.82) is 0 Å². The predicted molar refractivity (Wildman–Crippen MR) is 103 cm³/mol. The maximum Gasteiger partial charge on any atom is 0.291 e. The van der Waals surface area contributed by atoms with Gasteiger partial charge in [0.05, 0.1) is 6.04 Å². The van der Waals surface area contributed by atoms with E-state index in [1.165, 1.54) is 0 Å². The standard InChI is InChI=1S/C21H24N4O3/c26-14-24-8-10-25(11-9-24)21(28)16-5-3-4-15(12-16)13-19-17-6-1-2-7-18(17)20(27)23-22-19/h3-5,12,14,19H,1-2,6-11,13H2. The lowest BCUT2D eigenvalue weighted by Gasteiger charge is -2.32. The second-order valence-electron chi connectivity index (χ2n) is 7.59. The molecular weight excluding hydrogens is 356 g/mol. The third-order valence-electron chi connectivity index (χ3n) is 5.81. The number of carbonyl (C=O) groups is 3. The molecule has 0 spiro atoms. The van der Waals surface area contributed by atoms with Gasteiger partial charge in [-0.15, -0.1) is 5.11 Å². The van der Waals surface area contributed by atoms with Crippen molar-refractivity contribution in [3.63, 3.8) is 0 Å². The number of hydrogen-bond donors (Lipinski definition) is 0. The van der Waals surface area contributed by atoms with Gasteiger partial charge in [-0.3, -0.25) is 14.4 Å². The average molecular weight is 380 g/mol. The molecular formula is C21H24N4O3. The first-order chi connectivity index (χ1) is 13.7. The van der Waals surface area contributed by atoms with Crippen LogP contribution in [0.2, 0.25) is 0 Å². The number of carbonyl (C=O) groups excluding carboxylic acids is 3. The molecule has 1 aromatic rings. The van der Waals surface area contributed by atoms with Crippen LogP contribution in [0.3, 0.4) is 0 Å². The fraction of sp³-hybridized carbons (Fsp3) is 0.476. The largest absolute Gasteiger partial charge is 0.342 e. The second kappa shape index (κ2) is 8.04. The summed E-state index contributed by atoms with van der Waals surface area (Å²) in [5.74, 6) is -0.185. The molecule has 28 heavy (non-hydrogen) atoms. The molecule has 7 heteroatoms. The van der Waals surface area contributed by atoms with E-state index in [0.717, 1.165) is 48.8 Å². The van der Waals surface area contributed by atoms with E-state index in [-0.39, 0.29) is 17.9 Å². The van der Waals surface area contributed by atoms with E-state index in [1.54, 1.807) is 9.80 Å². The van der Waals surface area contributed by atoms with Crippen LogP contribution in [-0.4, -0.2) is 60.2 Å². The maximum absolute atomic E-state index is 12.8. The number of azo groups is 1. The van der Waals surface area contributed by atoms with E-state index in [2.05, 4.69) is 10.2 Å². The summed E-state index contributed by atoms with van der Waals surface area (Å²) in [6.07, 6.45) is 5.31. The lowest BCUT2D eigenvalue weighted by Crippen LogP contribution is -2.48. The van der Waals surface area contributed by atoms with Crippen molar-refractivity contribution in [2.75, 3.05) is 26.2 Å². The van der Waals surface area contributed by atoms with Gasteiger partial charge in [0.1, 0.15) is 0 Å². The van der Waals surface area contributed by atoms with Crippen LogP contribution in [-0.2, 0) is 16.0 Å². The maximum atomic E-state index is 12.8. The van der Waals surface area contributed by atoms with Gasteiger partial charge in [0.2, 0.25) is 6.41 Å². The average Bonchev–Trinajstić information content (AvgIpc) is 2.76. The van der Waals surface area contributed by atoms with Crippen molar-refractivity contribution in [3.05, 3.63) is 46.5 Å². The van der Waals surface area contributed by atoms with E-state index in [1.807, 2.05) is 24.3 Å². The first kappa shape index (κ1) is 18.5. The van der Waals surface area contributed by atoms with Gasteiger partial charge in [0.15, 0.2) is 0 Å². The molecule has 0 aromatic heterocycles. The Morgan fingerprint density at radius 1 is 1.14 bits per heavy atom. The summed E-state index contributed by atoms with van der Waals surface area (Å²) in [5.41, 5.74) is 3.66. The van der Waals surface area contributed by atoms with Gasteiger partial charge in [0.25, 0.3) is 11.8 Å². The third kappa shape index (κ3) is 3.74. The van der Waals surface area contributed by atoms with Gasteiger partial charge in [-0.25, -0.2) is 0 Å². The van der Waals surface area contributed by atoms with Crippen molar-refractivity contribution in [2.24, 2.45) is 10.2 Å². The Morgan fingerprint density at radius 2 is 1.93 bits per heavy atom. The summed E-state index contributed by atoms with van der Waals surface area (Å²) >= 11 is 0. The summed E-state index contributed by atoms with van der Waals surface area (Å²) < 4.78 is 0. The van der Waals surface area contributed by atoms with Crippen LogP contribution >= 0.6 is 0 Å². The topological polar surface area (TPSA) is 82.4 Å². The molecule has 1 atom stereocenters. The van der Waals surface area contributed by atoms with Gasteiger partial charge in [0, 0.05) is 43.7 Å². The molecule has 1 aliphatic carbocycles. The van der Waals surface area contributed by atoms with Gasteiger partial charge in [-0.2, -0.15) is 5.11 Å². The van der Waals surface area contributed by atoms with E-state index >= 15 is 0 Å². The number of piperazine rings is 1. The molecule has 7 nitrogen and oxygen atoms in total. The molecule has 1 aromatic carbocycles. The highest BCUT2D eigenvalue weighted by atomic mass is 16.2. The minimum atomic E-state index is -0.177. The number of amides is 3. The van der Waals surface area contributed by atoms with Crippen molar-refractivity contribution in [2.45, 2.75) is 38.1 Å². The van der Waals surface area contributed by atoms with Gasteiger partial charge in [-0.05, 0) is 49.0 Å². The van der Waals surface area contributed by atoms with Crippen LogP contribution in [0.25, 0.3) is 0 Å². The molecule has 0 N–H and O–H groups in total. The number of benzene rings is 1. The molecule has 146 valence electrons. The Labute approximate surface area is 164 Å². The highest BCUT2D eigenvalue weighted by Gasteiger charge is 2.29. The Kier molecular flexibility index (Phi) is 5.32. The highest BCUT2D eigenvalue weighted by Crippen LogP contribution is 2.33. The molecule has 1 saturated heterocycles. The molecule has 2 heterocycles. The van der Waals surface area contributed by atoms with Crippen molar-refractivity contribution < 1.29 is 14.4 Å². The Morgan fingerprint density at radius 3 is 2.71 bits per heavy atom. The zero-order valence-corrected chi connectivity index (χ0v) is 15.8. The summed E-state index contributed by atoms with van der Waals surface area (Å²) in [5, 5.41) is 8.11. The van der Waals surface area contributed by atoms with E-state index in [4.69, 9.17) is 0 Å². The van der Waals surface area contributed by atoms with Crippen molar-refractivity contribution in [3.8, 4) is 0 Å². The molecule has 3 amide bonds. The van der Waals surface area contributed by atoms with Crippen LogP contribution in [0.4, 0.5) is 0 Å². The minimum absolute atomic E-state index is 0.00887. The predicted octanol–water partition coefficient (Wildman–Crippen LogP) is 2.37. The third-order valence-corrected chi connectivity index (χ3v) is 5.81. The Balaban J connectivity index is 1.48. The number of nitrogens with zero attached hydrogens (tertiary/aromatic N) is 4. The second-order valence-corrected chi connectivity index (χ2v) is 7.59. The first-order valence-corrected chi connectivity index (χ1v) is 9.90. The Bertz CT molecular complexity index is 853. The minimum Gasteiger partial charge on any atom is -0.342 e. The van der Waals surface area contributed by atoms with E-state index in [9.17, 15) is 14.4 Å². The monoisotopic (exact) mass is 380 g/mol. The van der Waals surface area contributed by atoms with Crippen LogP contribution in [0.15, 0.2) is 45.6 Å². The number of rotatable bonds is 4. The van der Waals surface area contributed by atoms with Gasteiger partial charge >= 0.3 is 0 Å². The molecule has 0 bridgehead atoms. The summed E-state index contributed by atoms with van der Waals surface area (Å²) in [7, 11) is 0. The first-order valence-electron chi connectivity index (χ1n) is 9.90. The zero-order valence-electron chi connectivity index (χ0n) is 15.8. The smallest absolute Gasteiger partial charge is 0.291 e. The van der Waals surface area contributed by atoms with Crippen LogP contribution in [0, 0.1) is 0 Å². The fourth-order valence-corrected chi connectivity index (χ4v) is 4.22. The van der Waals surface area contributed by atoms with Crippen molar-refractivity contribution in [1.82, 2.24) is 9.80 Å². The van der Waals surface area contributed by atoms with E-state index < -0.39 is 0 Å². The molecule has 2 aliphatic heterocycles. The molecule has 1 fully saturated rings. The van der Waals surface area contributed by atoms with Crippen LogP contribution < -0.4 is 0 Å². The summed E-state index contributed by atoms with van der Waals surface area (Å²) in [6, 6.07) is 7.54. The SMILES string of the molecule is O=CN1CCN(C(=O)c2cccc(CC3N=NC(=O)C4=C3CCCC4)c2)CC1. The highest BCUT2D eigenvalue weighted by molar-refractivity contribution is 5.96.